The van der Waals surface area contributed by atoms with Crippen LogP contribution in [-0.4, -0.2) is 9.55 Å². The molecule has 0 spiro atoms. The highest BCUT2D eigenvalue weighted by Gasteiger charge is 2.29. The maximum Gasteiger partial charge on any atom is 0.248 e. The van der Waals surface area contributed by atoms with Crippen LogP contribution in [0.25, 0.3) is 11.0 Å². The predicted molar refractivity (Wildman–Crippen MR) is 64.4 cm³/mol. The normalized spacial score (nSPS) is 12.3. The van der Waals surface area contributed by atoms with Crippen molar-refractivity contribution in [1.29, 1.82) is 0 Å². The van der Waals surface area contributed by atoms with E-state index in [-0.39, 0.29) is 0 Å². The molecule has 0 fully saturated rings. The molecule has 0 aliphatic rings. The molecule has 80 valence electrons. The number of alkyl halides is 3. The number of anilines is 1. The zero-order valence-electron chi connectivity index (χ0n) is 7.84. The van der Waals surface area contributed by atoms with Crippen molar-refractivity contribution in [1.82, 2.24) is 9.55 Å². The summed E-state index contributed by atoms with van der Waals surface area (Å²) < 4.78 is 0.179. The molecule has 6 heteroatoms. The van der Waals surface area contributed by atoms with Crippen LogP contribution in [0.1, 0.15) is 5.82 Å². The maximum atomic E-state index is 5.79. The van der Waals surface area contributed by atoms with Crippen molar-refractivity contribution in [2.75, 3.05) is 5.73 Å². The summed E-state index contributed by atoms with van der Waals surface area (Å²) in [5.41, 5.74) is 7.85. The van der Waals surface area contributed by atoms with Crippen molar-refractivity contribution in [3.8, 4) is 0 Å². The number of para-hydroxylation sites is 1. The molecule has 2 rings (SSSR count). The minimum atomic E-state index is -1.54. The molecule has 0 saturated heterocycles. The van der Waals surface area contributed by atoms with E-state index in [0.717, 1.165) is 5.52 Å². The summed E-state index contributed by atoms with van der Waals surface area (Å²) in [5, 5.41) is 0. The van der Waals surface area contributed by atoms with Gasteiger partial charge < -0.3 is 10.3 Å². The lowest BCUT2D eigenvalue weighted by Gasteiger charge is -2.09. The minimum Gasteiger partial charge on any atom is -0.397 e. The summed E-state index contributed by atoms with van der Waals surface area (Å²) in [4.78, 5) is 4.23. The Balaban J connectivity index is 2.81. The van der Waals surface area contributed by atoms with Gasteiger partial charge >= 0.3 is 0 Å². The molecule has 3 nitrogen and oxygen atoms in total. The molecule has 15 heavy (non-hydrogen) atoms. The monoisotopic (exact) mass is 263 g/mol. The van der Waals surface area contributed by atoms with E-state index in [1.54, 1.807) is 17.7 Å². The van der Waals surface area contributed by atoms with Crippen LogP contribution in [0.2, 0.25) is 0 Å². The first-order valence-electron chi connectivity index (χ1n) is 4.19. The van der Waals surface area contributed by atoms with Gasteiger partial charge in [0, 0.05) is 7.05 Å². The summed E-state index contributed by atoms with van der Waals surface area (Å²) in [6.45, 7) is 0. The molecule has 0 aliphatic carbocycles. The maximum absolute atomic E-state index is 5.79. The molecular formula is C9H8Cl3N3. The van der Waals surface area contributed by atoms with Crippen LogP contribution in [-0.2, 0) is 10.8 Å². The third-order valence-corrected chi connectivity index (χ3v) is 2.70. The number of aromatic nitrogens is 2. The van der Waals surface area contributed by atoms with Gasteiger partial charge in [-0.2, -0.15) is 0 Å². The van der Waals surface area contributed by atoms with Crippen LogP contribution in [0.4, 0.5) is 5.69 Å². The van der Waals surface area contributed by atoms with Crippen LogP contribution in [0.5, 0.6) is 0 Å². The molecule has 1 heterocycles. The summed E-state index contributed by atoms with van der Waals surface area (Å²) in [6, 6.07) is 5.47. The second kappa shape index (κ2) is 3.44. The Bertz CT molecular complexity index is 513. The fraction of sp³-hybridized carbons (Fsp3) is 0.222. The van der Waals surface area contributed by atoms with Crippen molar-refractivity contribution in [3.63, 3.8) is 0 Å². The number of fused-ring (bicyclic) bond motifs is 1. The summed E-state index contributed by atoms with van der Waals surface area (Å²) >= 11 is 17.4. The lowest BCUT2D eigenvalue weighted by molar-refractivity contribution is 0.841. The number of nitrogens with zero attached hydrogens (tertiary/aromatic N) is 2. The van der Waals surface area contributed by atoms with Crippen molar-refractivity contribution >= 4 is 51.5 Å². The van der Waals surface area contributed by atoms with Crippen molar-refractivity contribution < 1.29 is 0 Å². The van der Waals surface area contributed by atoms with E-state index >= 15 is 0 Å². The number of imidazole rings is 1. The van der Waals surface area contributed by atoms with Crippen LogP contribution >= 0.6 is 34.8 Å². The molecule has 2 N–H and O–H groups in total. The largest absolute Gasteiger partial charge is 0.397 e. The first kappa shape index (κ1) is 10.9. The molecule has 0 atom stereocenters. The molecular weight excluding hydrogens is 256 g/mol. The number of hydrogen-bond acceptors (Lipinski definition) is 2. The highest BCUT2D eigenvalue weighted by Crippen LogP contribution is 2.39. The Labute approximate surface area is 102 Å². The Kier molecular flexibility index (Phi) is 2.49. The lowest BCUT2D eigenvalue weighted by Crippen LogP contribution is -2.08. The summed E-state index contributed by atoms with van der Waals surface area (Å²) in [6.07, 6.45) is 0. The first-order valence-corrected chi connectivity index (χ1v) is 5.33. The number of benzene rings is 1. The van der Waals surface area contributed by atoms with Crippen LogP contribution in [0.3, 0.4) is 0 Å². The summed E-state index contributed by atoms with van der Waals surface area (Å²) in [7, 11) is 1.78. The molecule has 0 unspecified atom stereocenters. The second-order valence-electron chi connectivity index (χ2n) is 3.21. The van der Waals surface area contributed by atoms with Gasteiger partial charge in [-0.25, -0.2) is 4.98 Å². The van der Waals surface area contributed by atoms with Crippen LogP contribution in [0, 0.1) is 0 Å². The topological polar surface area (TPSA) is 43.8 Å². The number of rotatable bonds is 0. The average Bonchev–Trinajstić information content (AvgIpc) is 2.45. The molecule has 0 radical (unpaired) electrons. The van der Waals surface area contributed by atoms with Crippen molar-refractivity contribution in [3.05, 3.63) is 24.0 Å². The van der Waals surface area contributed by atoms with E-state index in [0.29, 0.717) is 17.0 Å². The molecule has 0 bridgehead atoms. The van der Waals surface area contributed by atoms with Crippen molar-refractivity contribution in [2.45, 2.75) is 3.79 Å². The molecule has 2 aromatic rings. The minimum absolute atomic E-state index is 0.361. The molecule has 0 aliphatic heterocycles. The van der Waals surface area contributed by atoms with Gasteiger partial charge in [-0.1, -0.05) is 40.9 Å². The van der Waals surface area contributed by atoms with Crippen molar-refractivity contribution in [2.24, 2.45) is 7.05 Å². The Morgan fingerprint density at radius 2 is 2.00 bits per heavy atom. The standard InChI is InChI=1S/C9H8Cl3N3/c1-15-6-4-2-3-5(13)7(6)14-8(15)9(10,11)12/h2-4H,13H2,1H3. The van der Waals surface area contributed by atoms with Gasteiger partial charge in [-0.05, 0) is 12.1 Å². The highest BCUT2D eigenvalue weighted by molar-refractivity contribution is 6.66. The smallest absolute Gasteiger partial charge is 0.248 e. The van der Waals surface area contributed by atoms with E-state index in [4.69, 9.17) is 40.5 Å². The van der Waals surface area contributed by atoms with Gasteiger partial charge in [0.2, 0.25) is 3.79 Å². The number of hydrogen-bond donors (Lipinski definition) is 1. The van der Waals surface area contributed by atoms with Crippen LogP contribution in [0.15, 0.2) is 18.2 Å². The van der Waals surface area contributed by atoms with E-state index in [1.807, 2.05) is 12.1 Å². The SMILES string of the molecule is Cn1c(C(Cl)(Cl)Cl)nc2c(N)cccc21. The molecule has 1 aromatic carbocycles. The van der Waals surface area contributed by atoms with Gasteiger partial charge in [0.1, 0.15) is 5.52 Å². The summed E-state index contributed by atoms with van der Waals surface area (Å²) in [5.74, 6) is 0.361. The van der Waals surface area contributed by atoms with Gasteiger partial charge in [0.25, 0.3) is 0 Å². The Morgan fingerprint density at radius 1 is 1.33 bits per heavy atom. The van der Waals surface area contributed by atoms with E-state index in [9.17, 15) is 0 Å². The zero-order chi connectivity index (χ0) is 11.2. The van der Waals surface area contributed by atoms with E-state index in [1.165, 1.54) is 0 Å². The first-order chi connectivity index (χ1) is 6.91. The zero-order valence-corrected chi connectivity index (χ0v) is 10.1. The number of halogens is 3. The number of nitrogen functional groups attached to an aromatic ring is 1. The second-order valence-corrected chi connectivity index (χ2v) is 5.49. The van der Waals surface area contributed by atoms with Crippen LogP contribution < -0.4 is 5.73 Å². The Hall–Kier alpha value is -0.640. The molecule has 1 aromatic heterocycles. The Morgan fingerprint density at radius 3 is 2.53 bits per heavy atom. The van der Waals surface area contributed by atoms with Gasteiger partial charge in [-0.3, -0.25) is 0 Å². The van der Waals surface area contributed by atoms with E-state index < -0.39 is 3.79 Å². The highest BCUT2D eigenvalue weighted by atomic mass is 35.6. The van der Waals surface area contributed by atoms with Gasteiger partial charge in [0.15, 0.2) is 5.82 Å². The third kappa shape index (κ3) is 1.75. The van der Waals surface area contributed by atoms with Gasteiger partial charge in [0.05, 0.1) is 11.2 Å². The third-order valence-electron chi connectivity index (χ3n) is 2.20. The van der Waals surface area contributed by atoms with Gasteiger partial charge in [-0.15, -0.1) is 0 Å². The number of nitrogens with two attached hydrogens (primary N) is 1. The predicted octanol–water partition coefficient (Wildman–Crippen LogP) is 2.98. The number of aryl methyl sites for hydroxylation is 1. The average molecular weight is 265 g/mol. The van der Waals surface area contributed by atoms with E-state index in [2.05, 4.69) is 4.98 Å². The lowest BCUT2D eigenvalue weighted by atomic mass is 10.3. The quantitative estimate of drug-likeness (QED) is 0.587. The molecule has 0 amide bonds. The molecule has 0 saturated carbocycles. The fourth-order valence-electron chi connectivity index (χ4n) is 1.49. The fourth-order valence-corrected chi connectivity index (χ4v) is 2.00.